The number of piperidine rings is 1. The number of aromatic hydroxyl groups is 1. The predicted molar refractivity (Wildman–Crippen MR) is 104 cm³/mol. The average molecular weight is 384 g/mol. The summed E-state index contributed by atoms with van der Waals surface area (Å²) in [4.78, 5) is 23.6. The van der Waals surface area contributed by atoms with E-state index in [4.69, 9.17) is 11.6 Å². The zero-order valence-electron chi connectivity index (χ0n) is 14.4. The van der Waals surface area contributed by atoms with Gasteiger partial charge in [-0.2, -0.15) is 0 Å². The van der Waals surface area contributed by atoms with E-state index < -0.39 is 11.9 Å². The summed E-state index contributed by atoms with van der Waals surface area (Å²) in [5.41, 5.74) is 1.88. The number of anilines is 1. The van der Waals surface area contributed by atoms with E-state index in [0.717, 1.165) is 16.6 Å². The van der Waals surface area contributed by atoms with Gasteiger partial charge < -0.3 is 15.0 Å². The van der Waals surface area contributed by atoms with Crippen molar-refractivity contribution in [3.63, 3.8) is 0 Å². The van der Waals surface area contributed by atoms with Gasteiger partial charge in [-0.1, -0.05) is 29.8 Å². The second-order valence-electron chi connectivity index (χ2n) is 6.58. The number of benzene rings is 2. The van der Waals surface area contributed by atoms with E-state index in [0.29, 0.717) is 23.4 Å². The molecule has 0 bridgehead atoms. The van der Waals surface area contributed by atoms with Crippen LogP contribution in [0.5, 0.6) is 5.88 Å². The molecule has 0 aliphatic carbocycles. The molecule has 2 aromatic carbocycles. The van der Waals surface area contributed by atoms with Crippen molar-refractivity contribution in [2.24, 2.45) is 0 Å². The summed E-state index contributed by atoms with van der Waals surface area (Å²) in [6, 6.07) is 12.5. The van der Waals surface area contributed by atoms with Gasteiger partial charge in [0.1, 0.15) is 6.04 Å². The zero-order valence-corrected chi connectivity index (χ0v) is 15.2. The van der Waals surface area contributed by atoms with Crippen LogP contribution in [0, 0.1) is 0 Å². The minimum absolute atomic E-state index is 0.0194. The number of nitrogens with zero attached hydrogens (tertiary/aromatic N) is 1. The van der Waals surface area contributed by atoms with Crippen molar-refractivity contribution in [3.05, 3.63) is 59.2 Å². The number of imide groups is 1. The smallest absolute Gasteiger partial charge is 0.249 e. The molecule has 1 aromatic heterocycles. The molecule has 1 atom stereocenters. The van der Waals surface area contributed by atoms with Gasteiger partial charge in [0.25, 0.3) is 0 Å². The van der Waals surface area contributed by atoms with Crippen LogP contribution >= 0.6 is 11.6 Å². The summed E-state index contributed by atoms with van der Waals surface area (Å²) in [6.07, 6.45) is 2.37. The van der Waals surface area contributed by atoms with Gasteiger partial charge in [0.2, 0.25) is 11.8 Å². The van der Waals surface area contributed by atoms with E-state index in [9.17, 15) is 14.7 Å². The van der Waals surface area contributed by atoms with E-state index in [1.165, 1.54) is 4.57 Å². The molecule has 4 rings (SSSR count). The monoisotopic (exact) mass is 383 g/mol. The van der Waals surface area contributed by atoms with Crippen LogP contribution in [0.3, 0.4) is 0 Å². The Morgan fingerprint density at radius 3 is 2.78 bits per heavy atom. The summed E-state index contributed by atoms with van der Waals surface area (Å²) in [7, 11) is 0. The highest BCUT2D eigenvalue weighted by molar-refractivity contribution is 6.30. The van der Waals surface area contributed by atoms with Crippen LogP contribution in [0.4, 0.5) is 5.69 Å². The van der Waals surface area contributed by atoms with E-state index in [-0.39, 0.29) is 18.2 Å². The third kappa shape index (κ3) is 3.36. The van der Waals surface area contributed by atoms with Gasteiger partial charge in [-0.25, -0.2) is 0 Å². The fourth-order valence-corrected chi connectivity index (χ4v) is 3.63. The Hall–Kier alpha value is -2.99. The molecule has 1 fully saturated rings. The lowest BCUT2D eigenvalue weighted by Crippen LogP contribution is -2.41. The van der Waals surface area contributed by atoms with Crippen LogP contribution in [0.25, 0.3) is 10.8 Å². The molecule has 6 nitrogen and oxygen atoms in total. The molecular formula is C20H18ClN3O3. The van der Waals surface area contributed by atoms with Crippen molar-refractivity contribution in [2.75, 3.05) is 5.32 Å². The van der Waals surface area contributed by atoms with Crippen molar-refractivity contribution < 1.29 is 14.7 Å². The van der Waals surface area contributed by atoms with E-state index in [1.54, 1.807) is 12.3 Å². The normalized spacial score (nSPS) is 17.1. The fourth-order valence-electron chi connectivity index (χ4n) is 3.42. The Morgan fingerprint density at radius 1 is 1.19 bits per heavy atom. The summed E-state index contributed by atoms with van der Waals surface area (Å²) >= 11 is 6.03. The van der Waals surface area contributed by atoms with E-state index >= 15 is 0 Å². The summed E-state index contributed by atoms with van der Waals surface area (Å²) in [6.45, 7) is 0.573. The molecule has 7 heteroatoms. The molecule has 1 unspecified atom stereocenters. The Labute approximate surface area is 160 Å². The highest BCUT2D eigenvalue weighted by Crippen LogP contribution is 2.36. The number of halogens is 1. The number of amides is 2. The SMILES string of the molecule is O=C1CCC(n2cc3c(NCc4cccc(Cl)c4)cccc3c2O)C(=O)N1. The first-order chi connectivity index (χ1) is 13.0. The molecule has 3 aromatic rings. The lowest BCUT2D eigenvalue weighted by molar-refractivity contribution is -0.135. The van der Waals surface area contributed by atoms with Gasteiger partial charge in [0.05, 0.1) is 0 Å². The first-order valence-corrected chi connectivity index (χ1v) is 9.05. The maximum absolute atomic E-state index is 12.2. The number of hydrogen-bond acceptors (Lipinski definition) is 4. The largest absolute Gasteiger partial charge is 0.494 e. The van der Waals surface area contributed by atoms with Crippen molar-refractivity contribution in [1.82, 2.24) is 9.88 Å². The number of rotatable bonds is 4. The van der Waals surface area contributed by atoms with Gasteiger partial charge in [-0.05, 0) is 36.2 Å². The second-order valence-corrected chi connectivity index (χ2v) is 7.01. The van der Waals surface area contributed by atoms with Crippen LogP contribution in [-0.4, -0.2) is 21.5 Å². The maximum Gasteiger partial charge on any atom is 0.249 e. The Balaban J connectivity index is 1.65. The summed E-state index contributed by atoms with van der Waals surface area (Å²) in [5, 5.41) is 18.4. The minimum Gasteiger partial charge on any atom is -0.494 e. The zero-order chi connectivity index (χ0) is 19.0. The summed E-state index contributed by atoms with van der Waals surface area (Å²) in [5.74, 6) is -0.655. The summed E-state index contributed by atoms with van der Waals surface area (Å²) < 4.78 is 1.54. The topological polar surface area (TPSA) is 83.4 Å². The number of fused-ring (bicyclic) bond motifs is 1. The lowest BCUT2D eigenvalue weighted by Gasteiger charge is -2.22. The van der Waals surface area contributed by atoms with Crippen LogP contribution in [0.1, 0.15) is 24.4 Å². The Kier molecular flexibility index (Phi) is 4.49. The third-order valence-electron chi connectivity index (χ3n) is 4.78. The van der Waals surface area contributed by atoms with Crippen molar-refractivity contribution in [1.29, 1.82) is 0 Å². The Bertz CT molecular complexity index is 1040. The van der Waals surface area contributed by atoms with Crippen LogP contribution < -0.4 is 10.6 Å². The number of aromatic nitrogens is 1. The van der Waals surface area contributed by atoms with Gasteiger partial charge in [-0.3, -0.25) is 14.9 Å². The molecule has 3 N–H and O–H groups in total. The molecule has 0 spiro atoms. The highest BCUT2D eigenvalue weighted by Gasteiger charge is 2.30. The molecule has 1 saturated heterocycles. The number of hydrogen-bond donors (Lipinski definition) is 3. The lowest BCUT2D eigenvalue weighted by atomic mass is 10.1. The van der Waals surface area contributed by atoms with Crippen LogP contribution in [0.2, 0.25) is 5.02 Å². The standard InChI is InChI=1S/C20H18ClN3O3/c21-13-4-1-3-12(9-13)10-22-16-6-2-5-14-15(16)11-24(20(14)27)17-7-8-18(25)23-19(17)26/h1-6,9,11,17,22,27H,7-8,10H2,(H,23,25,26). The number of carbonyl (C=O) groups excluding carboxylic acids is 2. The van der Waals surface area contributed by atoms with Gasteiger partial charge in [0, 0.05) is 40.6 Å². The Morgan fingerprint density at radius 2 is 2.00 bits per heavy atom. The number of nitrogens with one attached hydrogen (secondary N) is 2. The maximum atomic E-state index is 12.2. The predicted octanol–water partition coefficient (Wildman–Crippen LogP) is 3.59. The van der Waals surface area contributed by atoms with Gasteiger partial charge in [-0.15, -0.1) is 0 Å². The molecule has 138 valence electrons. The molecule has 2 amide bonds. The first kappa shape index (κ1) is 17.4. The molecule has 1 aliphatic heterocycles. The third-order valence-corrected chi connectivity index (χ3v) is 5.01. The van der Waals surface area contributed by atoms with Gasteiger partial charge >= 0.3 is 0 Å². The van der Waals surface area contributed by atoms with Crippen molar-refractivity contribution in [2.45, 2.75) is 25.4 Å². The molecule has 27 heavy (non-hydrogen) atoms. The van der Waals surface area contributed by atoms with Crippen LogP contribution in [-0.2, 0) is 16.1 Å². The average Bonchev–Trinajstić information content (AvgIpc) is 2.97. The fraction of sp³-hybridized carbons (Fsp3) is 0.200. The second kappa shape index (κ2) is 6.96. The molecule has 2 heterocycles. The molecule has 1 aliphatic rings. The molecule has 0 saturated carbocycles. The first-order valence-electron chi connectivity index (χ1n) is 8.67. The van der Waals surface area contributed by atoms with Gasteiger partial charge in [0.15, 0.2) is 5.88 Å². The van der Waals surface area contributed by atoms with E-state index in [1.807, 2.05) is 36.4 Å². The quantitative estimate of drug-likeness (QED) is 0.601. The van der Waals surface area contributed by atoms with Crippen molar-refractivity contribution in [3.8, 4) is 5.88 Å². The van der Waals surface area contributed by atoms with Crippen molar-refractivity contribution >= 4 is 39.9 Å². The van der Waals surface area contributed by atoms with E-state index in [2.05, 4.69) is 10.6 Å². The number of carbonyl (C=O) groups is 2. The van der Waals surface area contributed by atoms with Crippen LogP contribution in [0.15, 0.2) is 48.7 Å². The molecule has 0 radical (unpaired) electrons. The highest BCUT2D eigenvalue weighted by atomic mass is 35.5. The molecular weight excluding hydrogens is 366 g/mol. The minimum atomic E-state index is -0.601.